The highest BCUT2D eigenvalue weighted by Crippen LogP contribution is 2.27. The van der Waals surface area contributed by atoms with E-state index in [0.29, 0.717) is 29.0 Å². The second kappa shape index (κ2) is 6.85. The van der Waals surface area contributed by atoms with Crippen molar-refractivity contribution in [1.29, 1.82) is 0 Å². The van der Waals surface area contributed by atoms with Crippen LogP contribution in [-0.4, -0.2) is 12.4 Å². The fraction of sp³-hybridized carbons (Fsp3) is 0.235. The fourth-order valence-electron chi connectivity index (χ4n) is 1.92. The SMILES string of the molecule is CCCOc1ccc(C(=O)c2ccc(F)c(C)c2)cc1Br. The van der Waals surface area contributed by atoms with Gasteiger partial charge < -0.3 is 4.74 Å². The molecule has 0 unspecified atom stereocenters. The van der Waals surface area contributed by atoms with Crippen LogP contribution in [0.1, 0.15) is 34.8 Å². The number of ketones is 1. The zero-order valence-corrected chi connectivity index (χ0v) is 13.5. The molecule has 4 heteroatoms. The van der Waals surface area contributed by atoms with Gasteiger partial charge in [-0.2, -0.15) is 0 Å². The van der Waals surface area contributed by atoms with Crippen LogP contribution in [0, 0.1) is 12.7 Å². The van der Waals surface area contributed by atoms with Gasteiger partial charge in [0.15, 0.2) is 5.78 Å². The van der Waals surface area contributed by atoms with E-state index in [1.807, 2.05) is 6.92 Å². The van der Waals surface area contributed by atoms with Gasteiger partial charge in [0.1, 0.15) is 11.6 Å². The van der Waals surface area contributed by atoms with E-state index in [1.165, 1.54) is 12.1 Å². The summed E-state index contributed by atoms with van der Waals surface area (Å²) in [6.45, 7) is 4.30. The highest BCUT2D eigenvalue weighted by molar-refractivity contribution is 9.10. The molecule has 0 spiro atoms. The van der Waals surface area contributed by atoms with Crippen LogP contribution in [0.15, 0.2) is 40.9 Å². The van der Waals surface area contributed by atoms with Gasteiger partial charge in [-0.1, -0.05) is 6.92 Å². The van der Waals surface area contributed by atoms with Crippen molar-refractivity contribution in [3.8, 4) is 5.75 Å². The smallest absolute Gasteiger partial charge is 0.193 e. The molecule has 21 heavy (non-hydrogen) atoms. The van der Waals surface area contributed by atoms with E-state index in [-0.39, 0.29) is 11.6 Å². The maximum atomic E-state index is 13.3. The van der Waals surface area contributed by atoms with Gasteiger partial charge in [-0.25, -0.2) is 4.39 Å². The molecule has 2 nitrogen and oxygen atoms in total. The normalized spacial score (nSPS) is 10.5. The van der Waals surface area contributed by atoms with Gasteiger partial charge in [0.2, 0.25) is 0 Å². The summed E-state index contributed by atoms with van der Waals surface area (Å²) in [4.78, 5) is 12.4. The molecule has 2 aromatic carbocycles. The van der Waals surface area contributed by atoms with Crippen LogP contribution in [0.2, 0.25) is 0 Å². The molecule has 0 bridgehead atoms. The number of carbonyl (C=O) groups is 1. The molecular formula is C17H16BrFO2. The number of halogens is 2. The highest BCUT2D eigenvalue weighted by Gasteiger charge is 2.12. The quantitative estimate of drug-likeness (QED) is 0.715. The minimum atomic E-state index is -0.309. The molecule has 0 aliphatic heterocycles. The summed E-state index contributed by atoms with van der Waals surface area (Å²) in [6, 6.07) is 9.59. The van der Waals surface area contributed by atoms with Gasteiger partial charge in [0.05, 0.1) is 11.1 Å². The average Bonchev–Trinajstić information content (AvgIpc) is 2.48. The van der Waals surface area contributed by atoms with E-state index in [1.54, 1.807) is 31.2 Å². The Morgan fingerprint density at radius 1 is 1.19 bits per heavy atom. The molecule has 0 radical (unpaired) electrons. The Morgan fingerprint density at radius 3 is 2.48 bits per heavy atom. The first-order chi connectivity index (χ1) is 10.0. The van der Waals surface area contributed by atoms with Crippen molar-refractivity contribution in [2.45, 2.75) is 20.3 Å². The number of rotatable bonds is 5. The van der Waals surface area contributed by atoms with Gasteiger partial charge in [-0.3, -0.25) is 4.79 Å². The zero-order valence-electron chi connectivity index (χ0n) is 12.0. The molecule has 0 aliphatic carbocycles. The van der Waals surface area contributed by atoms with Crippen molar-refractivity contribution < 1.29 is 13.9 Å². The molecular weight excluding hydrogens is 335 g/mol. The van der Waals surface area contributed by atoms with Crippen LogP contribution in [0.3, 0.4) is 0 Å². The molecule has 110 valence electrons. The second-order valence-corrected chi connectivity index (χ2v) is 5.64. The molecule has 2 rings (SSSR count). The van der Waals surface area contributed by atoms with Gasteiger partial charge in [-0.05, 0) is 71.2 Å². The summed E-state index contributed by atoms with van der Waals surface area (Å²) in [6.07, 6.45) is 0.919. The van der Waals surface area contributed by atoms with Crippen LogP contribution in [0.4, 0.5) is 4.39 Å². The standard InChI is InChI=1S/C17H16BrFO2/c1-3-8-21-16-7-5-13(10-14(16)18)17(20)12-4-6-15(19)11(2)9-12/h4-7,9-10H,3,8H2,1-2H3. The number of aryl methyl sites for hydroxylation is 1. The van der Waals surface area contributed by atoms with Crippen LogP contribution in [0.25, 0.3) is 0 Å². The van der Waals surface area contributed by atoms with Crippen molar-refractivity contribution in [2.75, 3.05) is 6.61 Å². The van der Waals surface area contributed by atoms with Crippen LogP contribution in [-0.2, 0) is 0 Å². The molecule has 0 N–H and O–H groups in total. The Labute approximate surface area is 132 Å². The van der Waals surface area contributed by atoms with Gasteiger partial charge >= 0.3 is 0 Å². The molecule has 0 atom stereocenters. The third kappa shape index (κ3) is 3.70. The number of ether oxygens (including phenoxy) is 1. The van der Waals surface area contributed by atoms with E-state index in [0.717, 1.165) is 10.9 Å². The summed E-state index contributed by atoms with van der Waals surface area (Å²) < 4.78 is 19.6. The summed E-state index contributed by atoms with van der Waals surface area (Å²) in [5.74, 6) is 0.264. The summed E-state index contributed by atoms with van der Waals surface area (Å²) in [7, 11) is 0. The largest absolute Gasteiger partial charge is 0.492 e. The third-order valence-electron chi connectivity index (χ3n) is 3.08. The highest BCUT2D eigenvalue weighted by atomic mass is 79.9. The fourth-order valence-corrected chi connectivity index (χ4v) is 2.42. The molecule has 0 heterocycles. The van der Waals surface area contributed by atoms with Crippen molar-refractivity contribution >= 4 is 21.7 Å². The average molecular weight is 351 g/mol. The summed E-state index contributed by atoms with van der Waals surface area (Å²) >= 11 is 3.41. The molecule has 0 amide bonds. The lowest BCUT2D eigenvalue weighted by Gasteiger charge is -2.09. The minimum absolute atomic E-state index is 0.138. The van der Waals surface area contributed by atoms with Crippen LogP contribution in [0.5, 0.6) is 5.75 Å². The molecule has 0 aromatic heterocycles. The minimum Gasteiger partial charge on any atom is -0.492 e. The van der Waals surface area contributed by atoms with Crippen molar-refractivity contribution in [3.05, 3.63) is 63.4 Å². The number of hydrogen-bond acceptors (Lipinski definition) is 2. The van der Waals surface area contributed by atoms with Crippen molar-refractivity contribution in [2.24, 2.45) is 0 Å². The molecule has 0 fully saturated rings. The van der Waals surface area contributed by atoms with E-state index in [2.05, 4.69) is 15.9 Å². The predicted molar refractivity (Wildman–Crippen MR) is 84.5 cm³/mol. The van der Waals surface area contributed by atoms with E-state index < -0.39 is 0 Å². The predicted octanol–water partition coefficient (Wildman–Crippen LogP) is 4.92. The van der Waals surface area contributed by atoms with E-state index >= 15 is 0 Å². The Bertz CT molecular complexity index is 668. The van der Waals surface area contributed by atoms with Gasteiger partial charge in [-0.15, -0.1) is 0 Å². The van der Waals surface area contributed by atoms with Crippen molar-refractivity contribution in [3.63, 3.8) is 0 Å². The topological polar surface area (TPSA) is 26.3 Å². The van der Waals surface area contributed by atoms with Crippen LogP contribution >= 0.6 is 15.9 Å². The zero-order chi connectivity index (χ0) is 15.4. The van der Waals surface area contributed by atoms with Crippen LogP contribution < -0.4 is 4.74 Å². The Hall–Kier alpha value is -1.68. The Balaban J connectivity index is 2.27. The molecule has 2 aromatic rings. The molecule has 0 aliphatic rings. The van der Waals surface area contributed by atoms with E-state index in [9.17, 15) is 9.18 Å². The lowest BCUT2D eigenvalue weighted by atomic mass is 10.0. The number of benzene rings is 2. The first-order valence-electron chi connectivity index (χ1n) is 6.76. The van der Waals surface area contributed by atoms with E-state index in [4.69, 9.17) is 4.74 Å². The maximum Gasteiger partial charge on any atom is 0.193 e. The second-order valence-electron chi connectivity index (χ2n) is 4.79. The lowest BCUT2D eigenvalue weighted by Crippen LogP contribution is -2.03. The Kier molecular flexibility index (Phi) is 5.12. The lowest BCUT2D eigenvalue weighted by molar-refractivity contribution is 0.103. The molecule has 0 saturated heterocycles. The monoisotopic (exact) mass is 350 g/mol. The Morgan fingerprint density at radius 2 is 1.86 bits per heavy atom. The van der Waals surface area contributed by atoms with Crippen molar-refractivity contribution in [1.82, 2.24) is 0 Å². The molecule has 0 saturated carbocycles. The summed E-state index contributed by atoms with van der Waals surface area (Å²) in [5.41, 5.74) is 1.47. The first-order valence-corrected chi connectivity index (χ1v) is 7.55. The number of hydrogen-bond donors (Lipinski definition) is 0. The summed E-state index contributed by atoms with van der Waals surface area (Å²) in [5, 5.41) is 0. The third-order valence-corrected chi connectivity index (χ3v) is 3.70. The van der Waals surface area contributed by atoms with Gasteiger partial charge in [0.25, 0.3) is 0 Å². The number of carbonyl (C=O) groups excluding carboxylic acids is 1. The van der Waals surface area contributed by atoms with Gasteiger partial charge in [0, 0.05) is 11.1 Å². The first kappa shape index (κ1) is 15.7. The maximum absolute atomic E-state index is 13.3.